The average molecular weight is 1320 g/mol. The normalized spacial score (nSPS) is 24.6. The number of nitrogens with one attached hydrogen (secondary N) is 5. The number of rotatable bonds is 23. The fraction of sp³-hybridized carbons (Fsp3) is 0.509. The molecule has 0 saturated carbocycles. The van der Waals surface area contributed by atoms with Gasteiger partial charge in [-0.1, -0.05) is 42.9 Å². The summed E-state index contributed by atoms with van der Waals surface area (Å²) in [5, 5.41) is 114. The van der Waals surface area contributed by atoms with E-state index in [9.17, 15) is 79.4 Å². The SMILES string of the molecule is COCCCCCCOc1ccc(-c2nnc(-c3ccc(C(=O)N[C@H]4CC(O)CNC(=O)C5C(O)C(C)CN5C(=O)C(C(O)CC(N)=O)NC(=O)C(C(O)Cc5ccc(O)c(OSOO[O-])c5)NC(=O)C5CC(O)CN5C(=O)C(C(C)O)NC4=O)cc3)s2)cc1.[Na+]. The number of aromatic nitrogens is 2. The molecule has 34 heteroatoms. The molecule has 0 bridgehead atoms. The van der Waals surface area contributed by atoms with Crippen molar-refractivity contribution in [2.75, 3.05) is 40.0 Å². The first-order valence-corrected chi connectivity index (χ1v) is 30.2. The monoisotopic (exact) mass is 1320 g/mol. The Morgan fingerprint density at radius 1 is 0.780 bits per heavy atom. The largest absolute Gasteiger partial charge is 1.00 e. The molecule has 31 nitrogen and oxygen atoms in total. The van der Waals surface area contributed by atoms with E-state index < -0.39 is 177 Å². The van der Waals surface area contributed by atoms with E-state index in [1.165, 1.54) is 36.5 Å². The number of hydrogen-bond donors (Lipinski definition) is 13. The van der Waals surface area contributed by atoms with Crippen LogP contribution in [0.4, 0.5) is 0 Å². The molecule has 0 spiro atoms. The molecule has 13 atom stereocenters. The zero-order valence-electron chi connectivity index (χ0n) is 50.1. The predicted octanol–water partition coefficient (Wildman–Crippen LogP) is -5.84. The van der Waals surface area contributed by atoms with Crippen LogP contribution in [-0.4, -0.2) is 216 Å². The van der Waals surface area contributed by atoms with E-state index in [-0.39, 0.29) is 58.8 Å². The zero-order valence-corrected chi connectivity index (χ0v) is 53.7. The van der Waals surface area contributed by atoms with Crippen molar-refractivity contribution in [3.8, 4) is 38.4 Å². The van der Waals surface area contributed by atoms with Crippen LogP contribution < -0.4 is 76.1 Å². The molecule has 1 aromatic heterocycles. The molecule has 3 fully saturated rings. The minimum Gasteiger partial charge on any atom is -0.691 e. The van der Waals surface area contributed by atoms with Crippen LogP contribution in [0.25, 0.3) is 21.1 Å². The summed E-state index contributed by atoms with van der Waals surface area (Å²) in [5.74, 6) is -10.5. The summed E-state index contributed by atoms with van der Waals surface area (Å²) in [4.78, 5) is 115. The second-order valence-corrected chi connectivity index (χ2v) is 23.4. The Balaban J connectivity index is 0.0000132. The molecule has 8 amide bonds. The molecule has 14 N–H and O–H groups in total. The molecule has 91 heavy (non-hydrogen) atoms. The molecule has 4 aromatic rings. The average Bonchev–Trinajstić information content (AvgIpc) is 2.17. The van der Waals surface area contributed by atoms with Crippen LogP contribution in [0, 0.1) is 5.92 Å². The number of carbonyl (C=O) groups excluding carboxylic acids is 8. The standard InChI is InChI=1S/C57H74N10O21S2.Na/c1-28-26-67-47(48(28)75)53(80)59-25-34(69)22-37(60-49(76)31-9-11-32(12-10-31)54-64-65-55(89-54)33-13-15-36(16-14-33)85-19-7-5-4-6-18-84-3)50(77)61-44(29(2)68)56(81)66-27-35(70)23-38(66)51(78)62-45(52(79)63-46(57(67)82)41(73)24-43(58)74)40(72)20-30-8-17-39(71)42(21-30)86-90-88-87-83;/h8-17,21,28-29,34-35,37-38,40-41,44-48,68-73,75,83H,4-7,18-20,22-27H2,1-3H3,(H2,58,74)(H,59,80)(H,60,76)(H,61,77)(H,62,78)(H,63,79);/q;+1/p-1/t28?,29?,34?,35?,37-,38?,40?,41?,44?,45?,46?,47?,48?;/m0./s1. The maximum Gasteiger partial charge on any atom is 1.00 e. The van der Waals surface area contributed by atoms with Gasteiger partial charge in [0.25, 0.3) is 18.2 Å². The predicted molar refractivity (Wildman–Crippen MR) is 314 cm³/mol. The van der Waals surface area contributed by atoms with Gasteiger partial charge in [-0.25, -0.2) is 0 Å². The van der Waals surface area contributed by atoms with E-state index in [1.54, 1.807) is 19.2 Å². The number of amides is 8. The second kappa shape index (κ2) is 34.8. The number of carbonyl (C=O) groups is 8. The van der Waals surface area contributed by atoms with Gasteiger partial charge in [0.05, 0.1) is 49.7 Å². The number of hydrogen-bond acceptors (Lipinski definition) is 25. The number of aromatic hydroxyl groups is 1. The number of phenols is 1. The van der Waals surface area contributed by atoms with Crippen LogP contribution in [-0.2, 0) is 54.1 Å². The number of unbranched alkanes of at least 4 members (excludes halogenated alkanes) is 3. The van der Waals surface area contributed by atoms with Crippen molar-refractivity contribution >= 4 is 70.9 Å². The van der Waals surface area contributed by atoms with Crippen molar-refractivity contribution in [3.05, 3.63) is 77.9 Å². The molecule has 3 aliphatic heterocycles. The van der Waals surface area contributed by atoms with Crippen molar-refractivity contribution in [3.63, 3.8) is 0 Å². The zero-order chi connectivity index (χ0) is 65.3. The van der Waals surface area contributed by atoms with Gasteiger partial charge < -0.3 is 96.8 Å². The van der Waals surface area contributed by atoms with Gasteiger partial charge in [-0.05, 0) is 80.3 Å². The smallest absolute Gasteiger partial charge is 0.691 e. The second-order valence-electron chi connectivity index (χ2n) is 22.0. The van der Waals surface area contributed by atoms with Gasteiger partial charge in [0.1, 0.15) is 52.0 Å². The summed E-state index contributed by atoms with van der Waals surface area (Å²) >= 11 is 1.28. The fourth-order valence-electron chi connectivity index (χ4n) is 10.5. The first-order valence-electron chi connectivity index (χ1n) is 28.7. The number of aliphatic hydroxyl groups excluding tert-OH is 6. The van der Waals surface area contributed by atoms with Crippen LogP contribution >= 0.6 is 23.7 Å². The van der Waals surface area contributed by atoms with Crippen LogP contribution in [0.5, 0.6) is 17.2 Å². The van der Waals surface area contributed by atoms with E-state index in [1.807, 2.05) is 24.3 Å². The van der Waals surface area contributed by atoms with Gasteiger partial charge in [-0.15, -0.1) is 14.5 Å². The van der Waals surface area contributed by atoms with Crippen LogP contribution in [0.1, 0.15) is 74.7 Å². The summed E-state index contributed by atoms with van der Waals surface area (Å²) in [6.07, 6.45) is -9.72. The van der Waals surface area contributed by atoms with E-state index in [4.69, 9.17) is 19.4 Å². The van der Waals surface area contributed by atoms with Gasteiger partial charge in [0.2, 0.25) is 41.4 Å². The summed E-state index contributed by atoms with van der Waals surface area (Å²) in [5.41, 5.74) is 6.83. The molecule has 4 heterocycles. The topological polar surface area (TPSA) is 466 Å². The Hall–Kier alpha value is -6.67. The maximum absolute atomic E-state index is 14.7. The minimum absolute atomic E-state index is 0. The number of nitrogens with two attached hydrogens (primary N) is 1. The Bertz CT molecular complexity index is 3140. The molecular formula is C57H73N10NaO21S2. The Kier molecular flexibility index (Phi) is 28.1. The van der Waals surface area contributed by atoms with E-state index >= 15 is 0 Å². The number of benzene rings is 3. The quantitative estimate of drug-likeness (QED) is 0.0108. The molecule has 490 valence electrons. The van der Waals surface area contributed by atoms with Gasteiger partial charge >= 0.3 is 29.6 Å². The third-order valence-electron chi connectivity index (χ3n) is 15.2. The van der Waals surface area contributed by atoms with Crippen molar-refractivity contribution < 1.29 is 132 Å². The van der Waals surface area contributed by atoms with Crippen molar-refractivity contribution in [2.45, 2.75) is 138 Å². The number of aliphatic hydroxyl groups is 6. The number of ether oxygens (including phenoxy) is 2. The van der Waals surface area contributed by atoms with Crippen molar-refractivity contribution in [1.29, 1.82) is 0 Å². The first kappa shape index (κ1) is 73.4. The fourth-order valence-corrected chi connectivity index (χ4v) is 11.6. The molecule has 3 aromatic carbocycles. The first-order chi connectivity index (χ1) is 43.0. The van der Waals surface area contributed by atoms with Crippen LogP contribution in [0.2, 0.25) is 0 Å². The molecular weight excluding hydrogens is 1250 g/mol. The Labute approximate surface area is 552 Å². The van der Waals surface area contributed by atoms with Crippen LogP contribution in [0.15, 0.2) is 66.7 Å². The molecule has 3 saturated heterocycles. The number of methoxy groups -OCH3 is 1. The number of nitrogens with zero attached hydrogens (tertiary/aromatic N) is 4. The molecule has 0 aliphatic carbocycles. The number of phenolic OH excluding ortho intramolecular Hbond substituents is 1. The summed E-state index contributed by atoms with van der Waals surface area (Å²) in [6, 6.07) is 5.17. The van der Waals surface area contributed by atoms with Crippen LogP contribution in [0.3, 0.4) is 0 Å². The molecule has 3 aliphatic rings. The van der Waals surface area contributed by atoms with Gasteiger partial charge in [0.15, 0.2) is 11.5 Å². The van der Waals surface area contributed by atoms with E-state index in [0.717, 1.165) is 66.7 Å². The van der Waals surface area contributed by atoms with E-state index in [0.29, 0.717) is 27.9 Å². The maximum atomic E-state index is 14.7. The third-order valence-corrected chi connectivity index (χ3v) is 16.6. The number of primary amides is 1. The van der Waals surface area contributed by atoms with E-state index in [2.05, 4.69) is 46.2 Å². The van der Waals surface area contributed by atoms with Gasteiger partial charge in [-0.2, -0.15) is 0 Å². The van der Waals surface area contributed by atoms with Gasteiger partial charge in [-0.3, -0.25) is 43.4 Å². The number of β-amino-alcohol motifs (C(OH)–C–C–N with tert-alkyl or cyclic N) is 1. The summed E-state index contributed by atoms with van der Waals surface area (Å²) in [6.45, 7) is 2.14. The molecule has 0 radical (unpaired) electrons. The Morgan fingerprint density at radius 3 is 2.04 bits per heavy atom. The minimum atomic E-state index is -2.22. The van der Waals surface area contributed by atoms with Crippen molar-refractivity contribution in [2.24, 2.45) is 11.7 Å². The van der Waals surface area contributed by atoms with Gasteiger partial charge in [0, 0.05) is 75.2 Å². The number of fused-ring (bicyclic) bond motifs is 2. The Morgan fingerprint density at radius 2 is 1.41 bits per heavy atom. The molecule has 12 unspecified atom stereocenters. The molecule has 7 rings (SSSR count). The third kappa shape index (κ3) is 19.9. The van der Waals surface area contributed by atoms with Crippen molar-refractivity contribution in [1.82, 2.24) is 46.6 Å². The summed E-state index contributed by atoms with van der Waals surface area (Å²) < 4.78 is 20.1. The summed E-state index contributed by atoms with van der Waals surface area (Å²) in [7, 11) is 1.68.